The van der Waals surface area contributed by atoms with E-state index in [9.17, 15) is 9.00 Å². The molecule has 5 nitrogen and oxygen atoms in total. The standard InChI is InChI=1S/C30H31NO4S/c1-21-5-2-3-16-31(21)36(33)26-11-8-23(9-12-26)24-7-4-6-22(17-24)18-29(32)30(14-15-30)25-10-13-27-28(19-25)35-20-34-27/h4,6-13,17,19,21H,2-3,5,14-16,18,20H2,1H3. The van der Waals surface area contributed by atoms with E-state index in [0.717, 1.165) is 70.9 Å². The number of rotatable bonds is 7. The first-order valence-corrected chi connectivity index (χ1v) is 14.0. The number of carbonyl (C=O) groups excluding carboxylic acids is 1. The molecule has 0 N–H and O–H groups in total. The van der Waals surface area contributed by atoms with Gasteiger partial charge in [0.1, 0.15) is 16.8 Å². The molecule has 3 aromatic carbocycles. The van der Waals surface area contributed by atoms with Crippen LogP contribution in [-0.2, 0) is 27.6 Å². The smallest absolute Gasteiger partial charge is 0.231 e. The molecule has 36 heavy (non-hydrogen) atoms. The lowest BCUT2D eigenvalue weighted by Crippen LogP contribution is -2.38. The molecule has 2 atom stereocenters. The molecule has 0 aromatic heterocycles. The molecule has 2 heterocycles. The molecular formula is C30H31NO4S. The van der Waals surface area contributed by atoms with Crippen LogP contribution >= 0.6 is 0 Å². The third-order valence-electron chi connectivity index (χ3n) is 7.84. The number of hydrogen-bond donors (Lipinski definition) is 0. The van der Waals surface area contributed by atoms with Crippen molar-refractivity contribution in [3.63, 3.8) is 0 Å². The summed E-state index contributed by atoms with van der Waals surface area (Å²) in [5.41, 5.74) is 3.76. The zero-order valence-electron chi connectivity index (χ0n) is 20.6. The first-order chi connectivity index (χ1) is 17.5. The number of benzene rings is 3. The van der Waals surface area contributed by atoms with Gasteiger partial charge in [-0.2, -0.15) is 0 Å². The predicted molar refractivity (Wildman–Crippen MR) is 140 cm³/mol. The highest BCUT2D eigenvalue weighted by Gasteiger charge is 2.50. The molecule has 0 bridgehead atoms. The summed E-state index contributed by atoms with van der Waals surface area (Å²) < 4.78 is 26.2. The van der Waals surface area contributed by atoms with Gasteiger partial charge < -0.3 is 9.47 Å². The number of piperidine rings is 1. The van der Waals surface area contributed by atoms with Crippen LogP contribution < -0.4 is 9.47 Å². The van der Waals surface area contributed by atoms with Gasteiger partial charge in [0.15, 0.2) is 11.5 Å². The summed E-state index contributed by atoms with van der Waals surface area (Å²) in [5, 5.41) is 0. The van der Waals surface area contributed by atoms with Crippen LogP contribution in [-0.4, -0.2) is 33.7 Å². The Kier molecular flexibility index (Phi) is 6.18. The Balaban J connectivity index is 1.17. The molecule has 3 aliphatic rings. The molecule has 2 fully saturated rings. The number of nitrogens with zero attached hydrogens (tertiary/aromatic N) is 1. The molecule has 1 saturated carbocycles. The number of carbonyl (C=O) groups is 1. The van der Waals surface area contributed by atoms with Gasteiger partial charge in [0.05, 0.1) is 10.3 Å². The Hall–Kier alpha value is -2.96. The van der Waals surface area contributed by atoms with Crippen molar-refractivity contribution in [3.05, 3.63) is 77.9 Å². The zero-order valence-corrected chi connectivity index (χ0v) is 21.4. The molecule has 0 radical (unpaired) electrons. The fraction of sp³-hybridized carbons (Fsp3) is 0.367. The molecule has 6 rings (SSSR count). The van der Waals surface area contributed by atoms with Crippen LogP contribution in [0.1, 0.15) is 50.2 Å². The van der Waals surface area contributed by atoms with Crippen molar-refractivity contribution < 1.29 is 18.5 Å². The van der Waals surface area contributed by atoms with Gasteiger partial charge in [0.2, 0.25) is 6.79 Å². The van der Waals surface area contributed by atoms with Crippen molar-refractivity contribution in [2.24, 2.45) is 0 Å². The Morgan fingerprint density at radius 1 is 0.972 bits per heavy atom. The monoisotopic (exact) mass is 501 g/mol. The van der Waals surface area contributed by atoms with Crippen LogP contribution in [0.5, 0.6) is 11.5 Å². The summed E-state index contributed by atoms with van der Waals surface area (Å²) in [5.74, 6) is 1.72. The third-order valence-corrected chi connectivity index (χ3v) is 9.49. The van der Waals surface area contributed by atoms with Gasteiger partial charge in [0, 0.05) is 19.0 Å². The predicted octanol–water partition coefficient (Wildman–Crippen LogP) is 5.82. The second kappa shape index (κ2) is 9.49. The second-order valence-electron chi connectivity index (χ2n) is 10.2. The van der Waals surface area contributed by atoms with Crippen molar-refractivity contribution in [2.75, 3.05) is 13.3 Å². The Morgan fingerprint density at radius 3 is 2.56 bits per heavy atom. The number of hydrogen-bond acceptors (Lipinski definition) is 4. The molecular weight excluding hydrogens is 470 g/mol. The minimum absolute atomic E-state index is 0.237. The quantitative estimate of drug-likeness (QED) is 0.409. The van der Waals surface area contributed by atoms with Gasteiger partial charge in [-0.05, 0) is 79.1 Å². The number of ether oxygens (including phenoxy) is 2. The van der Waals surface area contributed by atoms with Gasteiger partial charge in [-0.3, -0.25) is 4.79 Å². The first-order valence-electron chi connectivity index (χ1n) is 12.8. The van der Waals surface area contributed by atoms with Crippen LogP contribution in [0.15, 0.2) is 71.6 Å². The molecule has 0 spiro atoms. The molecule has 6 heteroatoms. The van der Waals surface area contributed by atoms with Gasteiger partial charge >= 0.3 is 0 Å². The average Bonchev–Trinajstić information content (AvgIpc) is 3.59. The fourth-order valence-corrected chi connectivity index (χ4v) is 6.85. The van der Waals surface area contributed by atoms with E-state index in [2.05, 4.69) is 23.4 Å². The molecule has 1 aliphatic carbocycles. The summed E-state index contributed by atoms with van der Waals surface area (Å²) in [7, 11) is -1.13. The van der Waals surface area contributed by atoms with Crippen LogP contribution in [0.25, 0.3) is 11.1 Å². The Labute approximate surface area is 215 Å². The lowest BCUT2D eigenvalue weighted by Gasteiger charge is -2.31. The second-order valence-corrected chi connectivity index (χ2v) is 11.6. The highest BCUT2D eigenvalue weighted by molar-refractivity contribution is 7.82. The average molecular weight is 502 g/mol. The van der Waals surface area contributed by atoms with E-state index in [1.54, 1.807) is 0 Å². The topological polar surface area (TPSA) is 55.8 Å². The van der Waals surface area contributed by atoms with Crippen molar-refractivity contribution in [1.29, 1.82) is 0 Å². The van der Waals surface area contributed by atoms with E-state index in [1.165, 1.54) is 6.42 Å². The van der Waals surface area contributed by atoms with Crippen molar-refractivity contribution in [3.8, 4) is 22.6 Å². The Morgan fingerprint density at radius 2 is 1.78 bits per heavy atom. The highest BCUT2D eigenvalue weighted by atomic mass is 32.2. The van der Waals surface area contributed by atoms with E-state index in [-0.39, 0.29) is 12.6 Å². The summed E-state index contributed by atoms with van der Waals surface area (Å²) in [6.07, 6.45) is 5.57. The van der Waals surface area contributed by atoms with Gasteiger partial charge in [-0.1, -0.05) is 48.9 Å². The zero-order chi connectivity index (χ0) is 24.7. The first kappa shape index (κ1) is 23.4. The number of fused-ring (bicyclic) bond motifs is 1. The lowest BCUT2D eigenvalue weighted by atomic mass is 9.87. The minimum Gasteiger partial charge on any atom is -0.454 e. The minimum atomic E-state index is -1.13. The van der Waals surface area contributed by atoms with E-state index < -0.39 is 16.4 Å². The largest absolute Gasteiger partial charge is 0.454 e. The van der Waals surface area contributed by atoms with Crippen LogP contribution in [0.4, 0.5) is 0 Å². The molecule has 2 unspecified atom stereocenters. The maximum absolute atomic E-state index is 13.4. The molecule has 0 amide bonds. The summed E-state index contributed by atoms with van der Waals surface area (Å²) >= 11 is 0. The van der Waals surface area contributed by atoms with Crippen LogP contribution in [0, 0.1) is 0 Å². The van der Waals surface area contributed by atoms with E-state index in [0.29, 0.717) is 12.5 Å². The normalized spacial score (nSPS) is 21.2. The summed E-state index contributed by atoms with van der Waals surface area (Å²) in [4.78, 5) is 14.3. The Bertz CT molecular complexity index is 1310. The van der Waals surface area contributed by atoms with Crippen molar-refractivity contribution in [1.82, 2.24) is 4.31 Å². The fourth-order valence-electron chi connectivity index (χ4n) is 5.48. The third kappa shape index (κ3) is 4.37. The van der Waals surface area contributed by atoms with Crippen molar-refractivity contribution >= 4 is 16.8 Å². The SMILES string of the molecule is CC1CCCCN1S(=O)c1ccc(-c2cccc(CC(=O)C3(c4ccc5c(c4)OCO5)CC3)c2)cc1. The molecule has 1 saturated heterocycles. The number of ketones is 1. The highest BCUT2D eigenvalue weighted by Crippen LogP contribution is 2.51. The maximum Gasteiger partial charge on any atom is 0.231 e. The maximum atomic E-state index is 13.4. The molecule has 2 aliphatic heterocycles. The molecule has 186 valence electrons. The van der Waals surface area contributed by atoms with Crippen LogP contribution in [0.3, 0.4) is 0 Å². The summed E-state index contributed by atoms with van der Waals surface area (Å²) in [6, 6.07) is 22.5. The van der Waals surface area contributed by atoms with Gasteiger partial charge in [-0.25, -0.2) is 8.51 Å². The van der Waals surface area contributed by atoms with Gasteiger partial charge in [-0.15, -0.1) is 0 Å². The van der Waals surface area contributed by atoms with E-state index in [4.69, 9.17) is 9.47 Å². The van der Waals surface area contributed by atoms with E-state index in [1.807, 2.05) is 54.6 Å². The van der Waals surface area contributed by atoms with Crippen LogP contribution in [0.2, 0.25) is 0 Å². The van der Waals surface area contributed by atoms with Gasteiger partial charge in [0.25, 0.3) is 0 Å². The number of Topliss-reactive ketones (excluding diaryl/α,β-unsaturated/α-hetero) is 1. The lowest BCUT2D eigenvalue weighted by molar-refractivity contribution is -0.120. The van der Waals surface area contributed by atoms with Crippen molar-refractivity contribution in [2.45, 2.75) is 61.8 Å². The molecule has 3 aromatic rings. The summed E-state index contributed by atoms with van der Waals surface area (Å²) in [6.45, 7) is 3.29. The van der Waals surface area contributed by atoms with E-state index >= 15 is 0 Å².